The highest BCUT2D eigenvalue weighted by molar-refractivity contribution is 7.18. The van der Waals surface area contributed by atoms with Crippen LogP contribution < -0.4 is 15.5 Å². The molecule has 2 unspecified atom stereocenters. The fourth-order valence-corrected chi connectivity index (χ4v) is 5.04. The van der Waals surface area contributed by atoms with Gasteiger partial charge < -0.3 is 20.3 Å². The quantitative estimate of drug-likeness (QED) is 0.799. The molecule has 2 aromatic rings. The van der Waals surface area contributed by atoms with Gasteiger partial charge in [0.2, 0.25) is 5.91 Å². The van der Waals surface area contributed by atoms with Gasteiger partial charge >= 0.3 is 0 Å². The standard InChI is InChI=1S/C20H22ClN3O3S/c1-2-22-19(25)17-16(12-3-5-13(21)6-4-12)14-11-15(24-7-9-27-10-8-24)28-18(14)20(26)23-17/h3-6,11,16-17H,2,7-10H2,1H3,(H,22,25)(H,23,26). The summed E-state index contributed by atoms with van der Waals surface area (Å²) in [6.45, 7) is 5.33. The molecule has 2 aliphatic rings. The molecule has 2 atom stereocenters. The average Bonchev–Trinajstić information content (AvgIpc) is 3.16. The topological polar surface area (TPSA) is 70.7 Å². The largest absolute Gasteiger partial charge is 0.378 e. The zero-order valence-corrected chi connectivity index (χ0v) is 17.1. The zero-order chi connectivity index (χ0) is 19.7. The van der Waals surface area contributed by atoms with E-state index in [2.05, 4.69) is 21.6 Å². The Bertz CT molecular complexity index is 877. The summed E-state index contributed by atoms with van der Waals surface area (Å²) in [7, 11) is 0. The van der Waals surface area contributed by atoms with E-state index in [1.807, 2.05) is 31.2 Å². The summed E-state index contributed by atoms with van der Waals surface area (Å²) in [5.74, 6) is -0.635. The summed E-state index contributed by atoms with van der Waals surface area (Å²) in [6.07, 6.45) is 0. The zero-order valence-electron chi connectivity index (χ0n) is 15.5. The van der Waals surface area contributed by atoms with Gasteiger partial charge in [0.1, 0.15) is 6.04 Å². The molecule has 2 aliphatic heterocycles. The predicted molar refractivity (Wildman–Crippen MR) is 111 cm³/mol. The average molecular weight is 420 g/mol. The lowest BCUT2D eigenvalue weighted by atomic mass is 9.82. The van der Waals surface area contributed by atoms with Crippen molar-refractivity contribution in [1.82, 2.24) is 10.6 Å². The molecule has 6 nitrogen and oxygen atoms in total. The van der Waals surface area contributed by atoms with Crippen LogP contribution >= 0.6 is 22.9 Å². The Hall–Kier alpha value is -2.09. The second-order valence-electron chi connectivity index (χ2n) is 6.84. The number of morpholine rings is 1. The maximum absolute atomic E-state index is 12.8. The number of anilines is 1. The van der Waals surface area contributed by atoms with E-state index in [1.54, 1.807) is 0 Å². The molecule has 8 heteroatoms. The van der Waals surface area contributed by atoms with Crippen molar-refractivity contribution in [3.63, 3.8) is 0 Å². The first-order valence-electron chi connectivity index (χ1n) is 9.39. The van der Waals surface area contributed by atoms with E-state index in [0.29, 0.717) is 29.7 Å². The third-order valence-electron chi connectivity index (χ3n) is 5.09. The van der Waals surface area contributed by atoms with Gasteiger partial charge in [-0.05, 0) is 36.2 Å². The molecule has 1 aromatic carbocycles. The monoisotopic (exact) mass is 419 g/mol. The number of ether oxygens (including phenoxy) is 1. The SMILES string of the molecule is CCNC(=O)C1NC(=O)c2sc(N3CCOCC3)cc2C1c1ccc(Cl)cc1. The number of nitrogens with zero attached hydrogens (tertiary/aromatic N) is 1. The fourth-order valence-electron chi connectivity index (χ4n) is 3.75. The molecule has 0 bridgehead atoms. The molecule has 1 fully saturated rings. The summed E-state index contributed by atoms with van der Waals surface area (Å²) in [5, 5.41) is 7.44. The maximum atomic E-state index is 12.8. The molecule has 2 amide bonds. The lowest BCUT2D eigenvalue weighted by Gasteiger charge is -2.31. The van der Waals surface area contributed by atoms with E-state index >= 15 is 0 Å². The van der Waals surface area contributed by atoms with Gasteiger partial charge in [0.15, 0.2) is 0 Å². The normalized spacial score (nSPS) is 21.8. The Morgan fingerprint density at radius 2 is 2.04 bits per heavy atom. The van der Waals surface area contributed by atoms with Crippen LogP contribution in [0, 0.1) is 0 Å². The van der Waals surface area contributed by atoms with Crippen molar-refractivity contribution in [2.75, 3.05) is 37.7 Å². The van der Waals surface area contributed by atoms with Gasteiger partial charge in [-0.2, -0.15) is 0 Å². The molecule has 4 rings (SSSR count). The van der Waals surface area contributed by atoms with E-state index in [4.69, 9.17) is 16.3 Å². The molecule has 0 aliphatic carbocycles. The Morgan fingerprint density at radius 3 is 2.71 bits per heavy atom. The lowest BCUT2D eigenvalue weighted by molar-refractivity contribution is -0.123. The fraction of sp³-hybridized carbons (Fsp3) is 0.400. The minimum Gasteiger partial charge on any atom is -0.378 e. The van der Waals surface area contributed by atoms with Gasteiger partial charge in [0.25, 0.3) is 5.91 Å². The van der Waals surface area contributed by atoms with Crippen molar-refractivity contribution in [3.05, 3.63) is 51.4 Å². The van der Waals surface area contributed by atoms with Crippen molar-refractivity contribution in [2.45, 2.75) is 18.9 Å². The molecule has 148 valence electrons. The smallest absolute Gasteiger partial charge is 0.262 e. The summed E-state index contributed by atoms with van der Waals surface area (Å²) in [4.78, 5) is 28.4. The van der Waals surface area contributed by atoms with Crippen LogP contribution in [0.15, 0.2) is 30.3 Å². The van der Waals surface area contributed by atoms with Crippen molar-refractivity contribution in [2.24, 2.45) is 0 Å². The third kappa shape index (κ3) is 3.62. The molecule has 0 saturated carbocycles. The number of hydrogen-bond acceptors (Lipinski definition) is 5. The van der Waals surface area contributed by atoms with Gasteiger partial charge in [0.05, 0.1) is 23.1 Å². The van der Waals surface area contributed by atoms with Crippen LogP contribution in [0.3, 0.4) is 0 Å². The first-order chi connectivity index (χ1) is 13.6. The number of carbonyl (C=O) groups is 2. The van der Waals surface area contributed by atoms with Gasteiger partial charge in [-0.25, -0.2) is 0 Å². The van der Waals surface area contributed by atoms with Crippen LogP contribution in [-0.4, -0.2) is 50.7 Å². The second-order valence-corrected chi connectivity index (χ2v) is 8.31. The highest BCUT2D eigenvalue weighted by Gasteiger charge is 2.40. The summed E-state index contributed by atoms with van der Waals surface area (Å²) >= 11 is 7.54. The molecular weight excluding hydrogens is 398 g/mol. The highest BCUT2D eigenvalue weighted by atomic mass is 35.5. The van der Waals surface area contributed by atoms with E-state index in [0.717, 1.165) is 29.2 Å². The minimum atomic E-state index is -0.659. The van der Waals surface area contributed by atoms with Crippen molar-refractivity contribution in [1.29, 1.82) is 0 Å². The van der Waals surface area contributed by atoms with E-state index in [1.165, 1.54) is 11.3 Å². The van der Waals surface area contributed by atoms with E-state index in [-0.39, 0.29) is 17.7 Å². The Labute approximate surface area is 172 Å². The van der Waals surface area contributed by atoms with Crippen LogP contribution in [0.2, 0.25) is 5.02 Å². The van der Waals surface area contributed by atoms with Gasteiger partial charge in [0, 0.05) is 30.6 Å². The Morgan fingerprint density at radius 1 is 1.32 bits per heavy atom. The number of fused-ring (bicyclic) bond motifs is 1. The van der Waals surface area contributed by atoms with Gasteiger partial charge in [-0.3, -0.25) is 9.59 Å². The highest BCUT2D eigenvalue weighted by Crippen LogP contribution is 2.42. The molecule has 1 aromatic heterocycles. The minimum absolute atomic E-state index is 0.180. The number of benzene rings is 1. The molecule has 28 heavy (non-hydrogen) atoms. The van der Waals surface area contributed by atoms with Gasteiger partial charge in [-0.15, -0.1) is 11.3 Å². The first kappa shape index (κ1) is 19.2. The Kier molecular flexibility index (Phi) is 5.57. The molecular formula is C20H22ClN3O3S. The first-order valence-corrected chi connectivity index (χ1v) is 10.6. The van der Waals surface area contributed by atoms with Crippen molar-refractivity contribution < 1.29 is 14.3 Å². The van der Waals surface area contributed by atoms with Crippen molar-refractivity contribution in [3.8, 4) is 0 Å². The number of amides is 2. The molecule has 1 saturated heterocycles. The van der Waals surface area contributed by atoms with Gasteiger partial charge in [-0.1, -0.05) is 23.7 Å². The van der Waals surface area contributed by atoms with Crippen LogP contribution in [0.25, 0.3) is 0 Å². The number of thiophene rings is 1. The van der Waals surface area contributed by atoms with Crippen LogP contribution in [-0.2, 0) is 9.53 Å². The van der Waals surface area contributed by atoms with E-state index < -0.39 is 6.04 Å². The van der Waals surface area contributed by atoms with Crippen LogP contribution in [0.5, 0.6) is 0 Å². The second kappa shape index (κ2) is 8.11. The lowest BCUT2D eigenvalue weighted by Crippen LogP contribution is -2.53. The number of likely N-dealkylation sites (N-methyl/N-ethyl adjacent to an activating group) is 1. The Balaban J connectivity index is 1.77. The predicted octanol–water partition coefficient (Wildman–Crippen LogP) is 2.62. The number of rotatable bonds is 4. The van der Waals surface area contributed by atoms with Crippen LogP contribution in [0.4, 0.5) is 5.00 Å². The maximum Gasteiger partial charge on any atom is 0.262 e. The number of nitrogens with one attached hydrogen (secondary N) is 2. The molecule has 2 N–H and O–H groups in total. The number of halogens is 1. The number of carbonyl (C=O) groups excluding carboxylic acids is 2. The summed E-state index contributed by atoms with van der Waals surface area (Å²) in [6, 6.07) is 8.89. The van der Waals surface area contributed by atoms with E-state index in [9.17, 15) is 9.59 Å². The molecule has 0 radical (unpaired) electrons. The van der Waals surface area contributed by atoms with Crippen molar-refractivity contribution >= 4 is 39.8 Å². The summed E-state index contributed by atoms with van der Waals surface area (Å²) in [5.41, 5.74) is 1.85. The number of hydrogen-bond donors (Lipinski definition) is 2. The molecule has 3 heterocycles. The third-order valence-corrected chi connectivity index (χ3v) is 6.56. The summed E-state index contributed by atoms with van der Waals surface area (Å²) < 4.78 is 5.44. The van der Waals surface area contributed by atoms with Crippen LogP contribution in [0.1, 0.15) is 33.6 Å². The molecule has 0 spiro atoms.